The zero-order valence-corrected chi connectivity index (χ0v) is 11.4. The third kappa shape index (κ3) is 2.30. The van der Waals surface area contributed by atoms with Gasteiger partial charge in [-0.2, -0.15) is 0 Å². The molecule has 0 bridgehead atoms. The van der Waals surface area contributed by atoms with Gasteiger partial charge in [0.15, 0.2) is 0 Å². The highest BCUT2D eigenvalue weighted by Gasteiger charge is 2.13. The van der Waals surface area contributed by atoms with Crippen LogP contribution < -0.4 is 5.32 Å². The second-order valence-electron chi connectivity index (χ2n) is 4.81. The van der Waals surface area contributed by atoms with E-state index < -0.39 is 0 Å². The van der Waals surface area contributed by atoms with Crippen LogP contribution in [0, 0.1) is 13.8 Å². The van der Waals surface area contributed by atoms with E-state index in [2.05, 4.69) is 15.5 Å². The number of hydrogen-bond acceptors (Lipinski definition) is 3. The Morgan fingerprint density at radius 1 is 1.35 bits per heavy atom. The van der Waals surface area contributed by atoms with E-state index in [1.165, 1.54) is 0 Å². The number of carbonyl (C=O) groups excluding carboxylic acids is 1. The number of nitrogens with one attached hydrogen (secondary N) is 2. The Labute approximate surface area is 116 Å². The molecular weight excluding hydrogens is 254 g/mol. The van der Waals surface area contributed by atoms with Crippen molar-refractivity contribution in [3.8, 4) is 0 Å². The summed E-state index contributed by atoms with van der Waals surface area (Å²) in [5.74, 6) is 0.619. The van der Waals surface area contributed by atoms with Crippen LogP contribution in [0.2, 0.25) is 0 Å². The van der Waals surface area contributed by atoms with Gasteiger partial charge >= 0.3 is 0 Å². The van der Waals surface area contributed by atoms with Gasteiger partial charge in [-0.05, 0) is 38.1 Å². The van der Waals surface area contributed by atoms with Gasteiger partial charge in [-0.1, -0.05) is 5.16 Å². The first kappa shape index (κ1) is 12.5. The zero-order valence-electron chi connectivity index (χ0n) is 11.4. The maximum absolute atomic E-state index is 12.1. The number of H-pyrrole nitrogens is 1. The highest BCUT2D eigenvalue weighted by atomic mass is 16.5. The lowest BCUT2D eigenvalue weighted by Gasteiger charge is -2.05. The molecule has 0 fully saturated rings. The van der Waals surface area contributed by atoms with E-state index in [1.54, 1.807) is 0 Å². The standard InChI is InChI=1S/C15H15N3O2/c1-9-13(10(2)20-18-9)8-15(19)17-12-3-4-14-11(7-12)5-6-16-14/h3-7,16H,8H2,1-2H3,(H,17,19). The molecule has 0 saturated carbocycles. The average Bonchev–Trinajstić information content (AvgIpc) is 3.00. The monoisotopic (exact) mass is 269 g/mol. The summed E-state index contributed by atoms with van der Waals surface area (Å²) in [4.78, 5) is 15.2. The van der Waals surface area contributed by atoms with Crippen LogP contribution in [0.5, 0.6) is 0 Å². The van der Waals surface area contributed by atoms with Crippen LogP contribution in [0.4, 0.5) is 5.69 Å². The normalized spacial score (nSPS) is 10.9. The molecule has 5 heteroatoms. The number of amides is 1. The summed E-state index contributed by atoms with van der Waals surface area (Å²) in [6.45, 7) is 3.65. The van der Waals surface area contributed by atoms with Gasteiger partial charge in [0.25, 0.3) is 0 Å². The Kier molecular flexibility index (Phi) is 3.02. The summed E-state index contributed by atoms with van der Waals surface area (Å²) in [6, 6.07) is 7.74. The Morgan fingerprint density at radius 2 is 2.20 bits per heavy atom. The van der Waals surface area contributed by atoms with Crippen LogP contribution in [0.25, 0.3) is 10.9 Å². The van der Waals surface area contributed by atoms with E-state index in [9.17, 15) is 4.79 Å². The van der Waals surface area contributed by atoms with Gasteiger partial charge in [0, 0.05) is 28.4 Å². The summed E-state index contributed by atoms with van der Waals surface area (Å²) in [5, 5.41) is 7.81. The zero-order chi connectivity index (χ0) is 14.1. The van der Waals surface area contributed by atoms with Crippen LogP contribution in [-0.2, 0) is 11.2 Å². The Bertz CT molecular complexity index is 751. The molecule has 1 aromatic carbocycles. The lowest BCUT2D eigenvalue weighted by Crippen LogP contribution is -2.15. The minimum absolute atomic E-state index is 0.0747. The van der Waals surface area contributed by atoms with Gasteiger partial charge in [-0.25, -0.2) is 0 Å². The van der Waals surface area contributed by atoms with Gasteiger partial charge in [-0.3, -0.25) is 4.79 Å². The predicted molar refractivity (Wildman–Crippen MR) is 76.6 cm³/mol. The van der Waals surface area contributed by atoms with E-state index >= 15 is 0 Å². The van der Waals surface area contributed by atoms with Gasteiger partial charge in [0.05, 0.1) is 12.1 Å². The number of aryl methyl sites for hydroxylation is 2. The first-order valence-corrected chi connectivity index (χ1v) is 6.42. The van der Waals surface area contributed by atoms with Gasteiger partial charge < -0.3 is 14.8 Å². The van der Waals surface area contributed by atoms with Crippen LogP contribution in [0.15, 0.2) is 35.0 Å². The lowest BCUT2D eigenvalue weighted by atomic mass is 10.1. The lowest BCUT2D eigenvalue weighted by molar-refractivity contribution is -0.115. The van der Waals surface area contributed by atoms with Gasteiger partial charge in [0.1, 0.15) is 5.76 Å². The van der Waals surface area contributed by atoms with Crippen molar-refractivity contribution in [3.05, 3.63) is 47.5 Å². The summed E-state index contributed by atoms with van der Waals surface area (Å²) < 4.78 is 5.06. The molecule has 2 N–H and O–H groups in total. The number of aromatic nitrogens is 2. The second-order valence-corrected chi connectivity index (χ2v) is 4.81. The Balaban J connectivity index is 1.75. The molecule has 3 rings (SSSR count). The number of fused-ring (bicyclic) bond motifs is 1. The number of nitrogens with zero attached hydrogens (tertiary/aromatic N) is 1. The van der Waals surface area contributed by atoms with Crippen LogP contribution in [-0.4, -0.2) is 16.0 Å². The third-order valence-electron chi connectivity index (χ3n) is 3.36. The molecule has 2 heterocycles. The van der Waals surface area contributed by atoms with Crippen molar-refractivity contribution in [2.75, 3.05) is 5.32 Å². The largest absolute Gasteiger partial charge is 0.361 e. The van der Waals surface area contributed by atoms with E-state index in [-0.39, 0.29) is 12.3 Å². The minimum atomic E-state index is -0.0747. The van der Waals surface area contributed by atoms with Crippen molar-refractivity contribution in [2.24, 2.45) is 0 Å². The number of hydrogen-bond donors (Lipinski definition) is 2. The van der Waals surface area contributed by atoms with Crippen molar-refractivity contribution in [1.29, 1.82) is 0 Å². The van der Waals surface area contributed by atoms with E-state index in [1.807, 2.05) is 44.3 Å². The molecule has 0 aliphatic carbocycles. The number of anilines is 1. The molecule has 0 saturated heterocycles. The van der Waals surface area contributed by atoms with Crippen LogP contribution in [0.3, 0.4) is 0 Å². The van der Waals surface area contributed by atoms with Crippen molar-refractivity contribution in [1.82, 2.24) is 10.1 Å². The van der Waals surface area contributed by atoms with E-state index in [0.717, 1.165) is 27.8 Å². The molecular formula is C15H15N3O2. The van der Waals surface area contributed by atoms with Crippen molar-refractivity contribution < 1.29 is 9.32 Å². The van der Waals surface area contributed by atoms with Crippen molar-refractivity contribution in [2.45, 2.75) is 20.3 Å². The average molecular weight is 269 g/mol. The quantitative estimate of drug-likeness (QED) is 0.768. The molecule has 0 unspecified atom stereocenters. The van der Waals surface area contributed by atoms with Gasteiger partial charge in [0.2, 0.25) is 5.91 Å². The topological polar surface area (TPSA) is 70.9 Å². The predicted octanol–water partition coefficient (Wildman–Crippen LogP) is 2.95. The summed E-state index contributed by atoms with van der Waals surface area (Å²) in [6.07, 6.45) is 2.15. The third-order valence-corrected chi connectivity index (χ3v) is 3.36. The second kappa shape index (κ2) is 4.85. The highest BCUT2D eigenvalue weighted by molar-refractivity contribution is 5.95. The minimum Gasteiger partial charge on any atom is -0.361 e. The van der Waals surface area contributed by atoms with Crippen LogP contribution >= 0.6 is 0 Å². The number of benzene rings is 1. The van der Waals surface area contributed by atoms with Crippen LogP contribution in [0.1, 0.15) is 17.0 Å². The maximum atomic E-state index is 12.1. The molecule has 102 valence electrons. The fourth-order valence-corrected chi connectivity index (χ4v) is 2.25. The SMILES string of the molecule is Cc1noc(C)c1CC(=O)Nc1ccc2[nH]ccc2c1. The molecule has 0 atom stereocenters. The summed E-state index contributed by atoms with van der Waals surface area (Å²) in [5.41, 5.74) is 3.45. The molecule has 0 aliphatic rings. The summed E-state index contributed by atoms with van der Waals surface area (Å²) in [7, 11) is 0. The van der Waals surface area contributed by atoms with E-state index in [0.29, 0.717) is 5.76 Å². The Hall–Kier alpha value is -2.56. The smallest absolute Gasteiger partial charge is 0.228 e. The fourth-order valence-electron chi connectivity index (χ4n) is 2.25. The number of aromatic amines is 1. The summed E-state index contributed by atoms with van der Waals surface area (Å²) >= 11 is 0. The fraction of sp³-hybridized carbons (Fsp3) is 0.200. The maximum Gasteiger partial charge on any atom is 0.228 e. The van der Waals surface area contributed by atoms with Gasteiger partial charge in [-0.15, -0.1) is 0 Å². The highest BCUT2D eigenvalue weighted by Crippen LogP contribution is 2.19. The first-order chi connectivity index (χ1) is 9.63. The molecule has 0 spiro atoms. The van der Waals surface area contributed by atoms with Crippen molar-refractivity contribution >= 4 is 22.5 Å². The first-order valence-electron chi connectivity index (χ1n) is 6.42. The molecule has 0 aliphatic heterocycles. The molecule has 0 radical (unpaired) electrons. The molecule has 5 nitrogen and oxygen atoms in total. The van der Waals surface area contributed by atoms with E-state index in [4.69, 9.17) is 4.52 Å². The van der Waals surface area contributed by atoms with Crippen molar-refractivity contribution in [3.63, 3.8) is 0 Å². The molecule has 20 heavy (non-hydrogen) atoms. The number of rotatable bonds is 3. The molecule has 2 aromatic heterocycles. The Morgan fingerprint density at radius 3 is 2.95 bits per heavy atom. The molecule has 1 amide bonds. The number of carbonyl (C=O) groups is 1. The molecule has 3 aromatic rings.